The molecule has 4 rings (SSSR count). The van der Waals surface area contributed by atoms with E-state index in [9.17, 15) is 22.4 Å². The Bertz CT molecular complexity index is 1280. The number of ether oxygens (including phenoxy) is 1. The second kappa shape index (κ2) is 8.75. The Balaban J connectivity index is 1.64. The summed E-state index contributed by atoms with van der Waals surface area (Å²) in [7, 11) is 0. The maximum absolute atomic E-state index is 14.9. The summed E-state index contributed by atoms with van der Waals surface area (Å²) < 4.78 is 61.0. The Labute approximate surface area is 203 Å². The predicted molar refractivity (Wildman–Crippen MR) is 126 cm³/mol. The van der Waals surface area contributed by atoms with Crippen LogP contribution < -0.4 is 15.8 Å². The molecule has 11 heteroatoms. The maximum atomic E-state index is 14.9. The first kappa shape index (κ1) is 24.9. The number of amides is 1. The van der Waals surface area contributed by atoms with Gasteiger partial charge in [-0.1, -0.05) is 17.7 Å². The molecule has 0 spiro atoms. The minimum atomic E-state index is -2.72. The molecule has 35 heavy (non-hydrogen) atoms. The minimum Gasteiger partial charge on any atom is -0.476 e. The third-order valence-electron chi connectivity index (χ3n) is 6.29. The van der Waals surface area contributed by atoms with Crippen LogP contribution in [0.1, 0.15) is 41.9 Å². The summed E-state index contributed by atoms with van der Waals surface area (Å²) in [6, 6.07) is 3.57. The van der Waals surface area contributed by atoms with Crippen LogP contribution in [0.5, 0.6) is 5.75 Å². The number of fused-ring (bicyclic) bond motifs is 1. The van der Waals surface area contributed by atoms with Crippen molar-refractivity contribution in [1.29, 1.82) is 0 Å². The van der Waals surface area contributed by atoms with Crippen molar-refractivity contribution in [3.8, 4) is 18.1 Å². The number of hydrogen-bond donors (Lipinski definition) is 2. The van der Waals surface area contributed by atoms with Gasteiger partial charge in [-0.2, -0.15) is 0 Å². The van der Waals surface area contributed by atoms with Crippen molar-refractivity contribution in [2.75, 3.05) is 5.32 Å². The van der Waals surface area contributed by atoms with Crippen LogP contribution in [-0.2, 0) is 5.54 Å². The molecule has 1 saturated carbocycles. The number of amidine groups is 1. The molecule has 2 aromatic rings. The van der Waals surface area contributed by atoms with Crippen LogP contribution in [-0.4, -0.2) is 33.3 Å². The molecule has 6 nitrogen and oxygen atoms in total. The van der Waals surface area contributed by atoms with Gasteiger partial charge in [-0.15, -0.1) is 6.42 Å². The lowest BCUT2D eigenvalue weighted by atomic mass is 9.85. The number of aromatic nitrogens is 1. The van der Waals surface area contributed by atoms with E-state index in [-0.39, 0.29) is 28.5 Å². The number of nitrogens with zero attached hydrogens (tertiary/aromatic N) is 2. The molecule has 1 fully saturated rings. The summed E-state index contributed by atoms with van der Waals surface area (Å²) in [6.45, 7) is 4.74. The maximum Gasteiger partial charge on any atom is 0.274 e. The number of carbonyl (C=O) groups excluding carboxylic acids is 1. The number of nitrogens with one attached hydrogen (secondary N) is 1. The highest BCUT2D eigenvalue weighted by molar-refractivity contribution is 8.15. The highest BCUT2D eigenvalue weighted by Gasteiger charge is 2.71. The number of halogens is 4. The number of aryl methyl sites for hydroxylation is 1. The lowest BCUT2D eigenvalue weighted by molar-refractivity contribution is 0.102. The van der Waals surface area contributed by atoms with Gasteiger partial charge in [0.05, 0.1) is 16.5 Å². The number of rotatable bonds is 6. The fourth-order valence-corrected chi connectivity index (χ4v) is 5.75. The summed E-state index contributed by atoms with van der Waals surface area (Å²) >= 11 is 0.760. The second-order valence-electron chi connectivity index (χ2n) is 8.75. The molecule has 2 heterocycles. The predicted octanol–water partition coefficient (Wildman–Crippen LogP) is 4.62. The SMILES string of the molecule is C#C[C@H](C)Oc1cnc(C(=O)Nc2cc(F)c(F)c([C@]3(C)N=C(N)S[C@@]4(C(F)F)C[C@@H]34)c2)c(C)c1. The molecule has 4 atom stereocenters. The van der Waals surface area contributed by atoms with Crippen LogP contribution in [0.25, 0.3) is 0 Å². The van der Waals surface area contributed by atoms with Crippen LogP contribution in [0.4, 0.5) is 23.2 Å². The van der Waals surface area contributed by atoms with Gasteiger partial charge >= 0.3 is 0 Å². The van der Waals surface area contributed by atoms with Crippen molar-refractivity contribution in [1.82, 2.24) is 4.98 Å². The average molecular weight is 507 g/mol. The van der Waals surface area contributed by atoms with Gasteiger partial charge in [-0.05, 0) is 44.9 Å². The number of aliphatic imine (C=N–C) groups is 1. The van der Waals surface area contributed by atoms with Crippen LogP contribution in [0.3, 0.4) is 0 Å². The lowest BCUT2D eigenvalue weighted by Gasteiger charge is -2.34. The molecule has 1 aromatic heterocycles. The highest BCUT2D eigenvalue weighted by atomic mass is 32.2. The Hall–Kier alpha value is -3.26. The second-order valence-corrected chi connectivity index (χ2v) is 10.1. The first-order valence-electron chi connectivity index (χ1n) is 10.6. The normalized spacial score (nSPS) is 25.8. The largest absolute Gasteiger partial charge is 0.476 e. The number of nitrogens with two attached hydrogens (primary N) is 1. The first-order chi connectivity index (χ1) is 16.4. The summed E-state index contributed by atoms with van der Waals surface area (Å²) in [5.74, 6) is -1.16. The van der Waals surface area contributed by atoms with Gasteiger partial charge in [0.15, 0.2) is 22.9 Å². The van der Waals surface area contributed by atoms with Crippen molar-refractivity contribution < 1.29 is 27.1 Å². The van der Waals surface area contributed by atoms with Crippen molar-refractivity contribution in [2.24, 2.45) is 16.6 Å². The molecule has 1 amide bonds. The molecule has 184 valence electrons. The lowest BCUT2D eigenvalue weighted by Crippen LogP contribution is -2.39. The molecule has 1 aromatic carbocycles. The van der Waals surface area contributed by atoms with Crippen LogP contribution in [0.15, 0.2) is 29.4 Å². The summed E-state index contributed by atoms with van der Waals surface area (Å²) in [6.07, 6.45) is 3.44. The average Bonchev–Trinajstić information content (AvgIpc) is 3.53. The molecule has 1 aliphatic heterocycles. The van der Waals surface area contributed by atoms with Crippen molar-refractivity contribution in [3.05, 3.63) is 52.9 Å². The van der Waals surface area contributed by atoms with E-state index in [1.165, 1.54) is 19.2 Å². The molecule has 0 bridgehead atoms. The zero-order valence-corrected chi connectivity index (χ0v) is 19.9. The first-order valence-corrected chi connectivity index (χ1v) is 11.5. The van der Waals surface area contributed by atoms with Gasteiger partial charge in [0, 0.05) is 23.2 Å². The Kier molecular flexibility index (Phi) is 6.21. The van der Waals surface area contributed by atoms with E-state index in [4.69, 9.17) is 16.9 Å². The third kappa shape index (κ3) is 4.31. The number of benzene rings is 1. The third-order valence-corrected chi connectivity index (χ3v) is 7.59. The Morgan fingerprint density at radius 2 is 2.09 bits per heavy atom. The van der Waals surface area contributed by atoms with Gasteiger partial charge in [-0.25, -0.2) is 22.5 Å². The number of alkyl halides is 2. The van der Waals surface area contributed by atoms with Gasteiger partial charge in [0.25, 0.3) is 12.3 Å². The highest BCUT2D eigenvalue weighted by Crippen LogP contribution is 2.68. The standard InChI is InChI=1S/C24H22F4N4O2S/c1-5-12(3)34-14-6-11(2)19(30-10-14)20(33)31-13-7-15(18(26)16(25)8-13)23(4)17-9-24(17,21(27)28)35-22(29)32-23/h1,6-8,10,12,17,21H,9H2,2-4H3,(H2,29,32)(H,31,33)/t12-,17-,23-,24-/m0/s1. The number of anilines is 1. The van der Waals surface area contributed by atoms with Gasteiger partial charge in [0.1, 0.15) is 11.4 Å². The van der Waals surface area contributed by atoms with E-state index in [1.54, 1.807) is 19.9 Å². The van der Waals surface area contributed by atoms with E-state index in [2.05, 4.69) is 21.2 Å². The molecule has 0 unspecified atom stereocenters. The summed E-state index contributed by atoms with van der Waals surface area (Å²) in [5.41, 5.74) is 4.41. The molecular formula is C24H22F4N4O2S. The van der Waals surface area contributed by atoms with Gasteiger partial charge in [0.2, 0.25) is 0 Å². The number of hydrogen-bond acceptors (Lipinski definition) is 6. The fourth-order valence-electron chi connectivity index (χ4n) is 4.41. The summed E-state index contributed by atoms with van der Waals surface area (Å²) in [4.78, 5) is 21.2. The van der Waals surface area contributed by atoms with Crippen molar-refractivity contribution in [3.63, 3.8) is 0 Å². The number of terminal acetylenes is 1. The Morgan fingerprint density at radius 1 is 1.37 bits per heavy atom. The van der Waals surface area contributed by atoms with Crippen molar-refractivity contribution in [2.45, 2.75) is 50.0 Å². The smallest absolute Gasteiger partial charge is 0.274 e. The van der Waals surface area contributed by atoms with Crippen LogP contribution in [0, 0.1) is 36.8 Å². The molecule has 2 aliphatic rings. The zero-order valence-electron chi connectivity index (χ0n) is 19.0. The summed E-state index contributed by atoms with van der Waals surface area (Å²) in [5, 5.41) is 2.37. The Morgan fingerprint density at radius 3 is 2.71 bits per heavy atom. The van der Waals surface area contributed by atoms with E-state index >= 15 is 0 Å². The van der Waals surface area contributed by atoms with E-state index in [1.807, 2.05) is 0 Å². The molecule has 0 radical (unpaired) electrons. The van der Waals surface area contributed by atoms with Crippen molar-refractivity contribution >= 4 is 28.5 Å². The van der Waals surface area contributed by atoms with E-state index in [0.29, 0.717) is 11.3 Å². The molecule has 3 N–H and O–H groups in total. The zero-order chi connectivity index (χ0) is 25.7. The van der Waals surface area contributed by atoms with E-state index < -0.39 is 46.3 Å². The van der Waals surface area contributed by atoms with E-state index in [0.717, 1.165) is 17.8 Å². The quantitative estimate of drug-likeness (QED) is 0.441. The number of thioether (sulfide) groups is 1. The monoisotopic (exact) mass is 506 g/mol. The number of pyridine rings is 1. The van der Waals surface area contributed by atoms with Crippen LogP contribution >= 0.6 is 11.8 Å². The van der Waals surface area contributed by atoms with Crippen LogP contribution in [0.2, 0.25) is 0 Å². The molecule has 0 saturated heterocycles. The minimum absolute atomic E-state index is 0.0263. The molecular weight excluding hydrogens is 484 g/mol. The number of carbonyl (C=O) groups is 1. The molecule has 1 aliphatic carbocycles. The fraction of sp³-hybridized carbons (Fsp3) is 0.375. The van der Waals surface area contributed by atoms with Gasteiger partial charge < -0.3 is 15.8 Å². The topological polar surface area (TPSA) is 89.6 Å². The van der Waals surface area contributed by atoms with Gasteiger partial charge in [-0.3, -0.25) is 9.79 Å².